The monoisotopic (exact) mass is 350 g/mol. The van der Waals surface area contributed by atoms with Crippen molar-refractivity contribution in [3.8, 4) is 0 Å². The van der Waals surface area contributed by atoms with E-state index < -0.39 is 0 Å². The van der Waals surface area contributed by atoms with Crippen molar-refractivity contribution in [3.63, 3.8) is 0 Å². The van der Waals surface area contributed by atoms with Gasteiger partial charge in [-0.2, -0.15) is 5.10 Å². The van der Waals surface area contributed by atoms with E-state index in [1.165, 1.54) is 5.56 Å². The first-order valence-corrected chi connectivity index (χ1v) is 7.84. The Morgan fingerprint density at radius 1 is 1.04 bits per heavy atom. The van der Waals surface area contributed by atoms with Crippen molar-refractivity contribution in [2.45, 2.75) is 6.54 Å². The summed E-state index contributed by atoms with van der Waals surface area (Å²) in [6.45, 7) is 4.78. The Kier molecular flexibility index (Phi) is 6.84. The van der Waals surface area contributed by atoms with Crippen LogP contribution in [0.1, 0.15) is 11.1 Å². The normalized spacial score (nSPS) is 15.6. The summed E-state index contributed by atoms with van der Waals surface area (Å²) in [5, 5.41) is 7.50. The maximum Gasteiger partial charge on any atom is 0.0544 e. The van der Waals surface area contributed by atoms with Gasteiger partial charge in [0.1, 0.15) is 0 Å². The molecule has 2 aromatic rings. The van der Waals surface area contributed by atoms with Gasteiger partial charge >= 0.3 is 0 Å². The molecule has 1 saturated heterocycles. The molecule has 1 aliphatic heterocycles. The summed E-state index contributed by atoms with van der Waals surface area (Å²) in [5.41, 5.74) is 2.27. The van der Waals surface area contributed by atoms with Gasteiger partial charge in [-0.05, 0) is 29.3 Å². The van der Waals surface area contributed by atoms with Crippen molar-refractivity contribution in [1.82, 2.24) is 14.9 Å². The SMILES string of the molecule is Cl.Clc1ccccc1CN1CCN(/N=C/c2ccncc2)CC1. The summed E-state index contributed by atoms with van der Waals surface area (Å²) in [7, 11) is 0. The predicted molar refractivity (Wildman–Crippen MR) is 97.4 cm³/mol. The summed E-state index contributed by atoms with van der Waals surface area (Å²) >= 11 is 6.22. The fraction of sp³-hybridized carbons (Fsp3) is 0.294. The number of hydrogen-bond acceptors (Lipinski definition) is 4. The molecule has 1 fully saturated rings. The van der Waals surface area contributed by atoms with Crippen LogP contribution in [0.25, 0.3) is 0 Å². The number of hydrogen-bond donors (Lipinski definition) is 0. The molecule has 0 radical (unpaired) electrons. The number of piperazine rings is 1. The summed E-state index contributed by atoms with van der Waals surface area (Å²) in [4.78, 5) is 6.42. The quantitative estimate of drug-likeness (QED) is 0.792. The van der Waals surface area contributed by atoms with Crippen LogP contribution in [0.5, 0.6) is 0 Å². The number of halogens is 2. The second-order valence-corrected chi connectivity index (χ2v) is 5.75. The average molecular weight is 351 g/mol. The predicted octanol–water partition coefficient (Wildman–Crippen LogP) is 3.31. The molecule has 1 aromatic heterocycles. The smallest absolute Gasteiger partial charge is 0.0544 e. The molecule has 6 heteroatoms. The molecule has 0 saturated carbocycles. The van der Waals surface area contributed by atoms with Gasteiger partial charge in [0.2, 0.25) is 0 Å². The van der Waals surface area contributed by atoms with E-state index in [9.17, 15) is 0 Å². The third-order valence-electron chi connectivity index (χ3n) is 3.78. The highest BCUT2D eigenvalue weighted by atomic mass is 35.5. The molecule has 3 rings (SSSR count). The Morgan fingerprint density at radius 3 is 2.43 bits per heavy atom. The van der Waals surface area contributed by atoms with Crippen LogP contribution in [0.4, 0.5) is 0 Å². The fourth-order valence-electron chi connectivity index (χ4n) is 2.48. The number of nitrogens with zero attached hydrogens (tertiary/aromatic N) is 4. The molecule has 0 spiro atoms. The van der Waals surface area contributed by atoms with Crippen LogP contribution in [-0.4, -0.2) is 47.3 Å². The molecule has 0 atom stereocenters. The highest BCUT2D eigenvalue weighted by Gasteiger charge is 2.16. The summed E-state index contributed by atoms with van der Waals surface area (Å²) in [5.74, 6) is 0. The van der Waals surface area contributed by atoms with Crippen molar-refractivity contribution >= 4 is 30.2 Å². The Labute approximate surface area is 148 Å². The molecule has 0 unspecified atom stereocenters. The van der Waals surface area contributed by atoms with Crippen LogP contribution in [0.3, 0.4) is 0 Å². The molecule has 122 valence electrons. The van der Waals surface area contributed by atoms with E-state index in [0.717, 1.165) is 43.3 Å². The molecule has 2 heterocycles. The number of pyridine rings is 1. The molecule has 0 N–H and O–H groups in total. The van der Waals surface area contributed by atoms with Gasteiger partial charge in [-0.25, -0.2) is 0 Å². The van der Waals surface area contributed by atoms with Crippen molar-refractivity contribution in [2.24, 2.45) is 5.10 Å². The number of aromatic nitrogens is 1. The first-order valence-electron chi connectivity index (χ1n) is 7.46. The second-order valence-electron chi connectivity index (χ2n) is 5.35. The molecule has 4 nitrogen and oxygen atoms in total. The Hall–Kier alpha value is -1.62. The van der Waals surface area contributed by atoms with Crippen molar-refractivity contribution in [1.29, 1.82) is 0 Å². The van der Waals surface area contributed by atoms with Gasteiger partial charge in [-0.3, -0.25) is 14.9 Å². The topological polar surface area (TPSA) is 31.7 Å². The van der Waals surface area contributed by atoms with Crippen molar-refractivity contribution in [3.05, 3.63) is 64.9 Å². The molecule has 0 amide bonds. The average Bonchev–Trinajstić information content (AvgIpc) is 2.57. The highest BCUT2D eigenvalue weighted by molar-refractivity contribution is 6.31. The van der Waals surface area contributed by atoms with E-state index in [4.69, 9.17) is 11.6 Å². The lowest BCUT2D eigenvalue weighted by Crippen LogP contribution is -2.43. The van der Waals surface area contributed by atoms with Crippen molar-refractivity contribution < 1.29 is 0 Å². The molecule has 23 heavy (non-hydrogen) atoms. The Balaban J connectivity index is 0.00000192. The van der Waals surface area contributed by atoms with E-state index in [2.05, 4.69) is 26.1 Å². The molecular weight excluding hydrogens is 331 g/mol. The minimum atomic E-state index is 0. The lowest BCUT2D eigenvalue weighted by molar-refractivity contribution is 0.131. The standard InChI is InChI=1S/C17H19ClN4.ClH/c18-17-4-2-1-3-16(17)14-21-9-11-22(12-10-21)20-13-15-5-7-19-8-6-15;/h1-8,13H,9-12,14H2;1H/b20-13+;. The van der Waals surface area contributed by atoms with Crippen LogP contribution in [0.15, 0.2) is 53.9 Å². The summed E-state index contributed by atoms with van der Waals surface area (Å²) < 4.78 is 0. The molecule has 0 aliphatic carbocycles. The van der Waals surface area contributed by atoms with Gasteiger partial charge in [-0.1, -0.05) is 29.8 Å². The maximum atomic E-state index is 6.22. The maximum absolute atomic E-state index is 6.22. The lowest BCUT2D eigenvalue weighted by Gasteiger charge is -2.33. The lowest BCUT2D eigenvalue weighted by atomic mass is 10.2. The summed E-state index contributed by atoms with van der Waals surface area (Å²) in [6, 6.07) is 12.0. The van der Waals surface area contributed by atoms with Crippen LogP contribution < -0.4 is 0 Å². The van der Waals surface area contributed by atoms with Crippen LogP contribution in [0, 0.1) is 0 Å². The van der Waals surface area contributed by atoms with E-state index >= 15 is 0 Å². The van der Waals surface area contributed by atoms with Gasteiger partial charge in [0.25, 0.3) is 0 Å². The molecule has 1 aromatic carbocycles. The van der Waals surface area contributed by atoms with Gasteiger partial charge in [-0.15, -0.1) is 12.4 Å². The largest absolute Gasteiger partial charge is 0.295 e. The number of rotatable bonds is 4. The Bertz CT molecular complexity index is 626. The molecule has 0 bridgehead atoms. The van der Waals surface area contributed by atoms with Crippen LogP contribution in [-0.2, 0) is 6.54 Å². The second kappa shape index (κ2) is 8.87. The van der Waals surface area contributed by atoms with E-state index in [-0.39, 0.29) is 12.4 Å². The third-order valence-corrected chi connectivity index (χ3v) is 4.15. The van der Waals surface area contributed by atoms with E-state index in [1.807, 2.05) is 36.5 Å². The molecule has 1 aliphatic rings. The zero-order valence-electron chi connectivity index (χ0n) is 12.8. The Morgan fingerprint density at radius 2 is 1.74 bits per heavy atom. The van der Waals surface area contributed by atoms with Crippen LogP contribution in [0.2, 0.25) is 5.02 Å². The van der Waals surface area contributed by atoms with Crippen LogP contribution >= 0.6 is 24.0 Å². The fourth-order valence-corrected chi connectivity index (χ4v) is 2.67. The number of hydrazone groups is 1. The minimum Gasteiger partial charge on any atom is -0.295 e. The third kappa shape index (κ3) is 5.20. The number of benzene rings is 1. The summed E-state index contributed by atoms with van der Waals surface area (Å²) in [6.07, 6.45) is 5.46. The van der Waals surface area contributed by atoms with E-state index in [1.54, 1.807) is 12.4 Å². The zero-order valence-corrected chi connectivity index (χ0v) is 14.4. The minimum absolute atomic E-state index is 0. The van der Waals surface area contributed by atoms with Gasteiger partial charge in [0.05, 0.1) is 6.21 Å². The van der Waals surface area contributed by atoms with Crippen molar-refractivity contribution in [2.75, 3.05) is 26.2 Å². The van der Waals surface area contributed by atoms with E-state index in [0.29, 0.717) is 0 Å². The highest BCUT2D eigenvalue weighted by Crippen LogP contribution is 2.17. The molecular formula is C17H20Cl2N4. The van der Waals surface area contributed by atoms with Gasteiger partial charge < -0.3 is 0 Å². The zero-order chi connectivity index (χ0) is 15.2. The first kappa shape index (κ1) is 17.7. The van der Waals surface area contributed by atoms with Gasteiger partial charge in [0, 0.05) is 50.1 Å². The van der Waals surface area contributed by atoms with Gasteiger partial charge in [0.15, 0.2) is 0 Å². The first-order chi connectivity index (χ1) is 10.8.